The van der Waals surface area contributed by atoms with Gasteiger partial charge in [0, 0.05) is 12.1 Å². The molecular weight excluding hydrogens is 270 g/mol. The van der Waals surface area contributed by atoms with Crippen LogP contribution in [0.5, 0.6) is 0 Å². The van der Waals surface area contributed by atoms with Crippen molar-refractivity contribution in [3.8, 4) is 0 Å². The van der Waals surface area contributed by atoms with E-state index in [2.05, 4.69) is 5.32 Å². The van der Waals surface area contributed by atoms with Crippen molar-refractivity contribution in [3.63, 3.8) is 0 Å². The van der Waals surface area contributed by atoms with Crippen LogP contribution in [0.25, 0.3) is 0 Å². The van der Waals surface area contributed by atoms with Crippen LogP contribution in [0.3, 0.4) is 0 Å². The molecule has 0 spiro atoms. The van der Waals surface area contributed by atoms with Gasteiger partial charge in [-0.05, 0) is 44.0 Å². The Morgan fingerprint density at radius 2 is 1.95 bits per heavy atom. The predicted molar refractivity (Wildman–Crippen MR) is 76.6 cm³/mol. The number of anilines is 1. The molecule has 0 aromatic heterocycles. The molecule has 1 saturated heterocycles. The third-order valence-corrected chi connectivity index (χ3v) is 4.12. The number of nitrogens with one attached hydrogen (secondary N) is 1. The minimum atomic E-state index is -0.591. The third kappa shape index (κ3) is 2.31. The standard InChI is InChI=1S/C15H17N3O3/c16-11-3-1-2-10-13(11)15(21)18(14(10)20)12(19)8-9-4-6-17-7-5-9/h1-3,9,17H,4-8,16H2. The summed E-state index contributed by atoms with van der Waals surface area (Å²) in [6, 6.07) is 4.70. The molecule has 110 valence electrons. The minimum absolute atomic E-state index is 0.154. The van der Waals surface area contributed by atoms with E-state index < -0.39 is 17.7 Å². The van der Waals surface area contributed by atoms with Gasteiger partial charge in [-0.2, -0.15) is 0 Å². The van der Waals surface area contributed by atoms with E-state index in [0.29, 0.717) is 0 Å². The molecule has 1 aromatic carbocycles. The van der Waals surface area contributed by atoms with Crippen LogP contribution in [-0.2, 0) is 4.79 Å². The molecule has 6 heteroatoms. The zero-order valence-corrected chi connectivity index (χ0v) is 11.6. The van der Waals surface area contributed by atoms with Crippen LogP contribution in [0, 0.1) is 5.92 Å². The van der Waals surface area contributed by atoms with Crippen molar-refractivity contribution in [1.29, 1.82) is 0 Å². The lowest BCUT2D eigenvalue weighted by Crippen LogP contribution is -2.38. The number of piperidine rings is 1. The molecule has 0 unspecified atom stereocenters. The van der Waals surface area contributed by atoms with Crippen molar-refractivity contribution >= 4 is 23.4 Å². The van der Waals surface area contributed by atoms with E-state index in [1.165, 1.54) is 6.07 Å². The Balaban J connectivity index is 1.81. The highest BCUT2D eigenvalue weighted by molar-refractivity contribution is 6.30. The predicted octanol–water partition coefficient (Wildman–Crippen LogP) is 0.781. The minimum Gasteiger partial charge on any atom is -0.398 e. The van der Waals surface area contributed by atoms with E-state index in [9.17, 15) is 14.4 Å². The summed E-state index contributed by atoms with van der Waals surface area (Å²) < 4.78 is 0. The number of amides is 3. The fraction of sp³-hybridized carbons (Fsp3) is 0.400. The summed E-state index contributed by atoms with van der Waals surface area (Å²) in [7, 11) is 0. The zero-order chi connectivity index (χ0) is 15.0. The molecule has 0 aliphatic carbocycles. The second kappa shape index (κ2) is 5.29. The molecule has 21 heavy (non-hydrogen) atoms. The van der Waals surface area contributed by atoms with Crippen molar-refractivity contribution in [3.05, 3.63) is 29.3 Å². The van der Waals surface area contributed by atoms with Gasteiger partial charge in [-0.15, -0.1) is 0 Å². The maximum Gasteiger partial charge on any atom is 0.270 e. The summed E-state index contributed by atoms with van der Waals surface area (Å²) >= 11 is 0. The van der Waals surface area contributed by atoms with Crippen molar-refractivity contribution < 1.29 is 14.4 Å². The molecule has 2 aliphatic heterocycles. The average molecular weight is 287 g/mol. The SMILES string of the molecule is Nc1cccc2c1C(=O)N(C(=O)CC1CCNCC1)C2=O. The topological polar surface area (TPSA) is 92.5 Å². The van der Waals surface area contributed by atoms with E-state index in [1.54, 1.807) is 12.1 Å². The highest BCUT2D eigenvalue weighted by atomic mass is 16.2. The second-order valence-corrected chi connectivity index (χ2v) is 5.51. The van der Waals surface area contributed by atoms with Crippen molar-refractivity contribution in [1.82, 2.24) is 10.2 Å². The van der Waals surface area contributed by atoms with Crippen LogP contribution in [0.4, 0.5) is 5.69 Å². The maximum absolute atomic E-state index is 12.3. The van der Waals surface area contributed by atoms with Crippen molar-refractivity contribution in [2.45, 2.75) is 19.3 Å². The maximum atomic E-state index is 12.3. The van der Waals surface area contributed by atoms with Gasteiger partial charge in [0.1, 0.15) is 0 Å². The van der Waals surface area contributed by atoms with Crippen LogP contribution in [0.1, 0.15) is 40.0 Å². The molecule has 1 fully saturated rings. The number of imide groups is 3. The lowest BCUT2D eigenvalue weighted by atomic mass is 9.94. The first kappa shape index (κ1) is 13.8. The molecule has 2 aliphatic rings. The molecule has 2 heterocycles. The van der Waals surface area contributed by atoms with Gasteiger partial charge in [0.25, 0.3) is 11.8 Å². The first-order valence-electron chi connectivity index (χ1n) is 7.10. The highest BCUT2D eigenvalue weighted by Gasteiger charge is 2.41. The molecule has 6 nitrogen and oxygen atoms in total. The molecular formula is C15H17N3O3. The number of carbonyl (C=O) groups excluding carboxylic acids is 3. The van der Waals surface area contributed by atoms with Crippen molar-refractivity contribution in [2.24, 2.45) is 5.92 Å². The Kier molecular flexibility index (Phi) is 3.47. The number of nitrogens with two attached hydrogens (primary N) is 1. The van der Waals surface area contributed by atoms with Crippen LogP contribution >= 0.6 is 0 Å². The second-order valence-electron chi connectivity index (χ2n) is 5.51. The summed E-state index contributed by atoms with van der Waals surface area (Å²) in [6.07, 6.45) is 2.00. The lowest BCUT2D eigenvalue weighted by Gasteiger charge is -2.23. The molecule has 3 amide bonds. The first-order valence-corrected chi connectivity index (χ1v) is 7.10. The molecule has 0 radical (unpaired) electrons. The zero-order valence-electron chi connectivity index (χ0n) is 11.6. The summed E-state index contributed by atoms with van der Waals surface area (Å²) in [5, 5.41) is 3.22. The summed E-state index contributed by atoms with van der Waals surface area (Å²) in [4.78, 5) is 37.7. The number of fused-ring (bicyclic) bond motifs is 1. The van der Waals surface area contributed by atoms with E-state index in [1.807, 2.05) is 0 Å². The van der Waals surface area contributed by atoms with Gasteiger partial charge in [0.15, 0.2) is 0 Å². The van der Waals surface area contributed by atoms with Gasteiger partial charge in [0.2, 0.25) is 5.91 Å². The quantitative estimate of drug-likeness (QED) is 0.619. The Morgan fingerprint density at radius 1 is 1.24 bits per heavy atom. The summed E-state index contributed by atoms with van der Waals surface area (Å²) in [6.45, 7) is 1.74. The summed E-state index contributed by atoms with van der Waals surface area (Å²) in [5.74, 6) is -1.35. The van der Waals surface area contributed by atoms with Gasteiger partial charge in [-0.3, -0.25) is 14.4 Å². The normalized spacial score (nSPS) is 19.0. The van der Waals surface area contributed by atoms with Crippen LogP contribution < -0.4 is 11.1 Å². The number of rotatable bonds is 2. The first-order chi connectivity index (χ1) is 10.1. The Morgan fingerprint density at radius 3 is 2.62 bits per heavy atom. The number of hydrogen-bond donors (Lipinski definition) is 2. The van der Waals surface area contributed by atoms with Gasteiger partial charge in [0.05, 0.1) is 11.1 Å². The fourth-order valence-electron chi connectivity index (χ4n) is 2.96. The number of carbonyl (C=O) groups is 3. The van der Waals surface area contributed by atoms with Crippen molar-refractivity contribution in [2.75, 3.05) is 18.8 Å². The molecule has 0 saturated carbocycles. The van der Waals surface area contributed by atoms with Gasteiger partial charge >= 0.3 is 0 Å². The van der Waals surface area contributed by atoms with Crippen LogP contribution in [0.2, 0.25) is 0 Å². The van der Waals surface area contributed by atoms with Crippen LogP contribution in [-0.4, -0.2) is 35.7 Å². The van der Waals surface area contributed by atoms with Gasteiger partial charge in [-0.1, -0.05) is 6.07 Å². The van der Waals surface area contributed by atoms with Gasteiger partial charge < -0.3 is 11.1 Å². The number of nitrogen functional groups attached to an aromatic ring is 1. The molecule has 0 atom stereocenters. The van der Waals surface area contributed by atoms with E-state index >= 15 is 0 Å². The summed E-state index contributed by atoms with van der Waals surface area (Å²) in [5.41, 5.74) is 6.37. The smallest absolute Gasteiger partial charge is 0.270 e. The largest absolute Gasteiger partial charge is 0.398 e. The number of hydrogen-bond acceptors (Lipinski definition) is 5. The highest BCUT2D eigenvalue weighted by Crippen LogP contribution is 2.29. The van der Waals surface area contributed by atoms with E-state index in [4.69, 9.17) is 5.73 Å². The Labute approximate surface area is 122 Å². The molecule has 1 aromatic rings. The number of benzene rings is 1. The molecule has 3 N–H and O–H groups in total. The lowest BCUT2D eigenvalue weighted by molar-refractivity contribution is -0.127. The van der Waals surface area contributed by atoms with E-state index in [0.717, 1.165) is 30.8 Å². The van der Waals surface area contributed by atoms with E-state index in [-0.39, 0.29) is 29.2 Å². The molecule has 0 bridgehead atoms. The Hall–Kier alpha value is -2.21. The monoisotopic (exact) mass is 287 g/mol. The Bertz CT molecular complexity index is 621. The van der Waals surface area contributed by atoms with Crippen LogP contribution in [0.15, 0.2) is 18.2 Å². The number of nitrogens with zero attached hydrogens (tertiary/aromatic N) is 1. The average Bonchev–Trinajstić information content (AvgIpc) is 2.73. The van der Waals surface area contributed by atoms with Gasteiger partial charge in [-0.25, -0.2) is 4.90 Å². The third-order valence-electron chi connectivity index (χ3n) is 4.12. The fourth-order valence-corrected chi connectivity index (χ4v) is 2.96. The molecule has 3 rings (SSSR count).